The summed E-state index contributed by atoms with van der Waals surface area (Å²) in [5.41, 5.74) is 3.94. The van der Waals surface area contributed by atoms with Gasteiger partial charge in [0.15, 0.2) is 5.82 Å². The third-order valence-electron chi connectivity index (χ3n) is 4.38. The van der Waals surface area contributed by atoms with Gasteiger partial charge in [-0.15, -0.1) is 10.2 Å². The van der Waals surface area contributed by atoms with Crippen LogP contribution < -0.4 is 10.6 Å². The summed E-state index contributed by atoms with van der Waals surface area (Å²) in [6, 6.07) is 18.5. The maximum absolute atomic E-state index is 11.9. The predicted octanol–water partition coefficient (Wildman–Crippen LogP) is 4.36. The summed E-state index contributed by atoms with van der Waals surface area (Å²) in [6.45, 7) is 4.12. The van der Waals surface area contributed by atoms with Crippen molar-refractivity contribution in [2.24, 2.45) is 0 Å². The number of rotatable bonds is 6. The molecule has 8 nitrogen and oxygen atoms in total. The number of amides is 1. The second-order valence-corrected chi connectivity index (χ2v) is 6.99. The molecular formula is C22H22N6O2. The van der Waals surface area contributed by atoms with Crippen LogP contribution in [-0.4, -0.2) is 31.8 Å². The Morgan fingerprint density at radius 1 is 1.07 bits per heavy atom. The first kappa shape index (κ1) is 19.4. The standard InChI is InChI=1S/C22H22N6O2/c1-15(2)30-22(29)25-21-27-26-20-19(23-11-12-28(20)21)24-14-16-7-6-10-18(13-16)17-8-4-3-5-9-17/h3-13,15H,14H2,1-2H3,(H,23,24)(H,25,27,29). The lowest BCUT2D eigenvalue weighted by atomic mass is 10.0. The number of nitrogens with zero attached hydrogens (tertiary/aromatic N) is 4. The summed E-state index contributed by atoms with van der Waals surface area (Å²) in [4.78, 5) is 16.2. The Labute approximate surface area is 173 Å². The molecule has 8 heteroatoms. The first-order chi connectivity index (χ1) is 14.6. The molecule has 0 saturated carbocycles. The molecule has 0 spiro atoms. The van der Waals surface area contributed by atoms with Gasteiger partial charge in [0, 0.05) is 18.9 Å². The Bertz CT molecular complexity index is 1160. The van der Waals surface area contributed by atoms with Gasteiger partial charge in [-0.3, -0.25) is 9.72 Å². The molecule has 2 N–H and O–H groups in total. The third kappa shape index (κ3) is 4.38. The van der Waals surface area contributed by atoms with Crippen molar-refractivity contribution in [2.45, 2.75) is 26.5 Å². The highest BCUT2D eigenvalue weighted by atomic mass is 16.6. The molecule has 0 saturated heterocycles. The molecule has 4 rings (SSSR count). The molecule has 0 bridgehead atoms. The number of nitrogens with one attached hydrogen (secondary N) is 2. The summed E-state index contributed by atoms with van der Waals surface area (Å²) >= 11 is 0. The van der Waals surface area contributed by atoms with Crippen molar-refractivity contribution in [3.05, 3.63) is 72.6 Å². The van der Waals surface area contributed by atoms with Crippen LogP contribution in [0.3, 0.4) is 0 Å². The molecule has 152 valence electrons. The van der Waals surface area contributed by atoms with Gasteiger partial charge in [-0.25, -0.2) is 9.78 Å². The van der Waals surface area contributed by atoms with Crippen LogP contribution in [0.25, 0.3) is 16.8 Å². The van der Waals surface area contributed by atoms with E-state index in [0.29, 0.717) is 18.0 Å². The topological polar surface area (TPSA) is 93.4 Å². The first-order valence-electron chi connectivity index (χ1n) is 9.66. The molecule has 0 aliphatic rings. The highest BCUT2D eigenvalue weighted by molar-refractivity contribution is 5.83. The number of carbonyl (C=O) groups is 1. The SMILES string of the molecule is CC(C)OC(=O)Nc1nnc2c(NCc3cccc(-c4ccccc4)c3)nccn12. The molecule has 0 fully saturated rings. The summed E-state index contributed by atoms with van der Waals surface area (Å²) in [5.74, 6) is 0.840. The second kappa shape index (κ2) is 8.60. The van der Waals surface area contributed by atoms with Crippen LogP contribution in [0.2, 0.25) is 0 Å². The smallest absolute Gasteiger partial charge is 0.414 e. The number of hydrogen-bond acceptors (Lipinski definition) is 6. The van der Waals surface area contributed by atoms with Gasteiger partial charge in [0.05, 0.1) is 6.10 Å². The highest BCUT2D eigenvalue weighted by Crippen LogP contribution is 2.21. The Morgan fingerprint density at radius 3 is 2.67 bits per heavy atom. The molecule has 0 aliphatic heterocycles. The van der Waals surface area contributed by atoms with Gasteiger partial charge in [-0.2, -0.15) is 0 Å². The van der Waals surface area contributed by atoms with Crippen LogP contribution in [0.5, 0.6) is 0 Å². The van der Waals surface area contributed by atoms with E-state index in [1.807, 2.05) is 24.3 Å². The van der Waals surface area contributed by atoms with E-state index in [-0.39, 0.29) is 12.1 Å². The Hall–Kier alpha value is -3.94. The minimum atomic E-state index is -0.580. The number of aromatic nitrogens is 4. The number of hydrogen-bond donors (Lipinski definition) is 2. The Balaban J connectivity index is 1.50. The summed E-state index contributed by atoms with van der Waals surface area (Å²) < 4.78 is 6.74. The zero-order valence-corrected chi connectivity index (χ0v) is 16.7. The number of ether oxygens (including phenoxy) is 1. The van der Waals surface area contributed by atoms with Gasteiger partial charge in [0.2, 0.25) is 11.6 Å². The van der Waals surface area contributed by atoms with Gasteiger partial charge >= 0.3 is 6.09 Å². The van der Waals surface area contributed by atoms with Crippen LogP contribution >= 0.6 is 0 Å². The molecule has 0 aliphatic carbocycles. The van der Waals surface area contributed by atoms with Crippen molar-refractivity contribution in [3.63, 3.8) is 0 Å². The van der Waals surface area contributed by atoms with E-state index in [1.54, 1.807) is 30.6 Å². The van der Waals surface area contributed by atoms with Gasteiger partial charge in [-0.05, 0) is 36.6 Å². The Morgan fingerprint density at radius 2 is 1.87 bits per heavy atom. The van der Waals surface area contributed by atoms with Crippen molar-refractivity contribution < 1.29 is 9.53 Å². The number of fused-ring (bicyclic) bond motifs is 1. The van der Waals surface area contributed by atoms with Crippen molar-refractivity contribution in [1.82, 2.24) is 19.6 Å². The fraction of sp³-hybridized carbons (Fsp3) is 0.182. The van der Waals surface area contributed by atoms with E-state index in [1.165, 1.54) is 5.56 Å². The van der Waals surface area contributed by atoms with Gasteiger partial charge in [-0.1, -0.05) is 48.5 Å². The van der Waals surface area contributed by atoms with E-state index >= 15 is 0 Å². The lowest BCUT2D eigenvalue weighted by Crippen LogP contribution is -2.19. The van der Waals surface area contributed by atoms with Crippen LogP contribution in [0.4, 0.5) is 16.6 Å². The van der Waals surface area contributed by atoms with Crippen molar-refractivity contribution in [1.29, 1.82) is 0 Å². The largest absolute Gasteiger partial charge is 0.447 e. The van der Waals surface area contributed by atoms with Crippen LogP contribution in [0.1, 0.15) is 19.4 Å². The number of benzene rings is 2. The van der Waals surface area contributed by atoms with Crippen molar-refractivity contribution in [2.75, 3.05) is 10.6 Å². The summed E-state index contributed by atoms with van der Waals surface area (Å²) in [7, 11) is 0. The average molecular weight is 402 g/mol. The van der Waals surface area contributed by atoms with Gasteiger partial charge in [0.1, 0.15) is 0 Å². The maximum Gasteiger partial charge on any atom is 0.414 e. The Kier molecular flexibility index (Phi) is 5.56. The zero-order valence-electron chi connectivity index (χ0n) is 16.7. The molecule has 2 aromatic heterocycles. The molecule has 2 aromatic carbocycles. The van der Waals surface area contributed by atoms with Gasteiger partial charge in [0.25, 0.3) is 0 Å². The van der Waals surface area contributed by atoms with Crippen LogP contribution in [0, 0.1) is 0 Å². The first-order valence-corrected chi connectivity index (χ1v) is 9.66. The predicted molar refractivity (Wildman–Crippen MR) is 115 cm³/mol. The fourth-order valence-electron chi connectivity index (χ4n) is 3.05. The number of anilines is 2. The van der Waals surface area contributed by atoms with Crippen molar-refractivity contribution in [3.8, 4) is 11.1 Å². The van der Waals surface area contributed by atoms with Crippen LogP contribution in [-0.2, 0) is 11.3 Å². The molecule has 30 heavy (non-hydrogen) atoms. The minimum absolute atomic E-state index is 0.227. The zero-order chi connectivity index (χ0) is 20.9. The molecule has 1 amide bonds. The van der Waals surface area contributed by atoms with E-state index < -0.39 is 6.09 Å². The quantitative estimate of drug-likeness (QED) is 0.498. The van der Waals surface area contributed by atoms with Gasteiger partial charge < -0.3 is 10.1 Å². The van der Waals surface area contributed by atoms with E-state index in [4.69, 9.17) is 4.74 Å². The lowest BCUT2D eigenvalue weighted by Gasteiger charge is -2.10. The maximum atomic E-state index is 11.9. The minimum Gasteiger partial charge on any atom is -0.447 e. The molecule has 0 radical (unpaired) electrons. The van der Waals surface area contributed by atoms with Crippen LogP contribution in [0.15, 0.2) is 67.0 Å². The normalized spacial score (nSPS) is 10.9. The monoisotopic (exact) mass is 402 g/mol. The molecule has 0 unspecified atom stereocenters. The average Bonchev–Trinajstić information content (AvgIpc) is 3.16. The lowest BCUT2D eigenvalue weighted by molar-refractivity contribution is 0.129. The summed E-state index contributed by atoms with van der Waals surface area (Å²) in [5, 5.41) is 14.1. The van der Waals surface area contributed by atoms with Crippen molar-refractivity contribution >= 4 is 23.5 Å². The number of carbonyl (C=O) groups excluding carboxylic acids is 1. The molecule has 4 aromatic rings. The van der Waals surface area contributed by atoms with E-state index in [9.17, 15) is 4.79 Å². The molecule has 2 heterocycles. The second-order valence-electron chi connectivity index (χ2n) is 6.99. The third-order valence-corrected chi connectivity index (χ3v) is 4.38. The fourth-order valence-corrected chi connectivity index (χ4v) is 3.05. The molecule has 0 atom stereocenters. The molecular weight excluding hydrogens is 380 g/mol. The summed E-state index contributed by atoms with van der Waals surface area (Å²) in [6.07, 6.45) is 2.50. The highest BCUT2D eigenvalue weighted by Gasteiger charge is 2.14. The van der Waals surface area contributed by atoms with E-state index in [2.05, 4.69) is 56.1 Å². The van der Waals surface area contributed by atoms with E-state index in [0.717, 1.165) is 11.1 Å².